The fourth-order valence-electron chi connectivity index (χ4n) is 11.4. The molecule has 1 aliphatic carbocycles. The maximum absolute atomic E-state index is 5.57. The van der Waals surface area contributed by atoms with Gasteiger partial charge >= 0.3 is 0 Å². The van der Waals surface area contributed by atoms with Gasteiger partial charge in [-0.15, -0.1) is 0 Å². The van der Waals surface area contributed by atoms with Crippen LogP contribution in [0.2, 0.25) is 0 Å². The van der Waals surface area contributed by atoms with Crippen molar-refractivity contribution in [2.24, 2.45) is 5.92 Å². The molecule has 5 heteroatoms. The van der Waals surface area contributed by atoms with E-state index in [9.17, 15) is 0 Å². The van der Waals surface area contributed by atoms with Gasteiger partial charge in [-0.1, -0.05) is 244 Å². The second kappa shape index (κ2) is 18.4. The molecule has 14 rings (SSSR count). The molecule has 0 spiro atoms. The Morgan fingerprint density at radius 3 is 1.60 bits per heavy atom. The molecule has 0 fully saturated rings. The van der Waals surface area contributed by atoms with E-state index in [1.165, 1.54) is 33.3 Å². The molecule has 0 radical (unpaired) electrons. The summed E-state index contributed by atoms with van der Waals surface area (Å²) >= 11 is 0. The number of fused-ring (bicyclic) bond motifs is 7. The van der Waals surface area contributed by atoms with Crippen LogP contribution >= 0.6 is 0 Å². The largest absolute Gasteiger partial charge is 0.307 e. The number of aromatic nitrogens is 5. The molecule has 5 nitrogen and oxygen atoms in total. The summed E-state index contributed by atoms with van der Waals surface area (Å²) in [6.07, 6.45) is 5.49. The summed E-state index contributed by atoms with van der Waals surface area (Å²) in [5.41, 5.74) is 20.1. The Kier molecular flexibility index (Phi) is 10.8. The molecule has 0 amide bonds. The maximum atomic E-state index is 5.57. The van der Waals surface area contributed by atoms with Gasteiger partial charge in [0, 0.05) is 44.1 Å². The second-order valence-electron chi connectivity index (χ2n) is 19.6. The van der Waals surface area contributed by atoms with Crippen molar-refractivity contribution in [3.05, 3.63) is 266 Å². The van der Waals surface area contributed by atoms with Crippen LogP contribution in [0.4, 0.5) is 0 Å². The molecule has 1 atom stereocenters. The first-order valence-corrected chi connectivity index (χ1v) is 25.8. The minimum Gasteiger partial charge on any atom is -0.307 e. The minimum atomic E-state index is 0.298. The summed E-state index contributed by atoms with van der Waals surface area (Å²) < 4.78 is 4.88. The Balaban J connectivity index is 1.05. The summed E-state index contributed by atoms with van der Waals surface area (Å²) in [7, 11) is 0. The Morgan fingerprint density at radius 1 is 0.360 bits per heavy atom. The van der Waals surface area contributed by atoms with Crippen molar-refractivity contribution in [1.29, 1.82) is 0 Å². The van der Waals surface area contributed by atoms with Crippen LogP contribution in [0.5, 0.6) is 0 Å². The highest BCUT2D eigenvalue weighted by molar-refractivity contribution is 6.20. The van der Waals surface area contributed by atoms with E-state index in [2.05, 4.69) is 277 Å². The lowest BCUT2D eigenvalue weighted by Gasteiger charge is -2.19. The highest BCUT2D eigenvalue weighted by Gasteiger charge is 2.29. The second-order valence-corrected chi connectivity index (χ2v) is 19.6. The van der Waals surface area contributed by atoms with Crippen LogP contribution < -0.4 is 0 Å². The van der Waals surface area contributed by atoms with E-state index in [4.69, 9.17) is 15.0 Å². The maximum Gasteiger partial charge on any atom is 0.238 e. The number of allylic oxidation sites excluding steroid dienone is 1. The van der Waals surface area contributed by atoms with Crippen molar-refractivity contribution in [1.82, 2.24) is 24.1 Å². The highest BCUT2D eigenvalue weighted by Crippen LogP contribution is 2.46. The van der Waals surface area contributed by atoms with Crippen LogP contribution in [0.25, 0.3) is 129 Å². The van der Waals surface area contributed by atoms with Crippen molar-refractivity contribution in [3.8, 4) is 90.0 Å². The zero-order chi connectivity index (χ0) is 49.8. The van der Waals surface area contributed by atoms with Crippen LogP contribution in [0.3, 0.4) is 0 Å². The number of benzene rings is 10. The Bertz CT molecular complexity index is 4310. The zero-order valence-electron chi connectivity index (χ0n) is 41.3. The van der Waals surface area contributed by atoms with Gasteiger partial charge in [0.15, 0.2) is 11.6 Å². The molecule has 75 heavy (non-hydrogen) atoms. The molecule has 1 aliphatic rings. The first-order valence-electron chi connectivity index (χ1n) is 25.8. The van der Waals surface area contributed by atoms with Crippen molar-refractivity contribution < 1.29 is 0 Å². The van der Waals surface area contributed by atoms with Crippen LogP contribution in [-0.4, -0.2) is 24.1 Å². The lowest BCUT2D eigenvalue weighted by Crippen LogP contribution is -2.13. The molecule has 0 saturated heterocycles. The Hall–Kier alpha value is -9.71. The summed E-state index contributed by atoms with van der Waals surface area (Å²) in [5, 5.41) is 3.49. The SMILES string of the molecule is CC1C=Cc2c(n(-c3nc(-c4ccc(-c5ccccc5)cc4)nc(-c4cccc(-c5ccccc5)c4)n3)c3c2ccc2c4ccccc4n(-c4ccccc4-c4ccc(-c5ccccc5)cc4-c4ccccc4)c23)C1. The lowest BCUT2D eigenvalue weighted by molar-refractivity contribution is 0.684. The predicted molar refractivity (Wildman–Crippen MR) is 311 cm³/mol. The van der Waals surface area contributed by atoms with Crippen molar-refractivity contribution in [2.75, 3.05) is 0 Å². The van der Waals surface area contributed by atoms with E-state index in [1.807, 2.05) is 0 Å². The molecule has 354 valence electrons. The first kappa shape index (κ1) is 44.0. The van der Waals surface area contributed by atoms with Gasteiger partial charge in [0.2, 0.25) is 5.95 Å². The smallest absolute Gasteiger partial charge is 0.238 e. The van der Waals surface area contributed by atoms with Crippen LogP contribution in [0.1, 0.15) is 18.2 Å². The molecular weight excluding hydrogens is 911 g/mol. The van der Waals surface area contributed by atoms with Gasteiger partial charge in [-0.2, -0.15) is 9.97 Å². The summed E-state index contributed by atoms with van der Waals surface area (Å²) in [5.74, 6) is 2.11. The minimum absolute atomic E-state index is 0.298. The standard InChI is InChI=1S/C70H49N5/c1-46-33-39-59-61-42-41-60-58-30-15-17-32-64(58)74(63-31-16-14-29-57(63)56-40-38-54(49-23-10-4-11-24-49)45-62(56)51-25-12-5-13-26-51)66(60)67(61)75(65(59)43-46)70-72-68(52-36-34-50(35-37-52)47-19-6-2-7-20-47)71-69(73-70)55-28-18-27-53(44-55)48-21-8-3-9-22-48/h2-42,44-46H,43H2,1H3. The average molecular weight is 960 g/mol. The third kappa shape index (κ3) is 7.76. The number of nitrogens with zero attached hydrogens (tertiary/aromatic N) is 5. The quantitative estimate of drug-likeness (QED) is 0.145. The fraction of sp³-hybridized carbons (Fsp3) is 0.0429. The molecular formula is C70H49N5. The number of rotatable bonds is 9. The molecule has 0 saturated carbocycles. The van der Waals surface area contributed by atoms with Crippen LogP contribution in [0, 0.1) is 5.92 Å². The van der Waals surface area contributed by atoms with Gasteiger partial charge in [-0.05, 0) is 86.7 Å². The fourth-order valence-corrected chi connectivity index (χ4v) is 11.4. The molecule has 13 aromatic rings. The number of para-hydroxylation sites is 2. The molecule has 0 aliphatic heterocycles. The van der Waals surface area contributed by atoms with Gasteiger partial charge in [0.25, 0.3) is 0 Å². The van der Waals surface area contributed by atoms with Gasteiger partial charge < -0.3 is 4.57 Å². The molecule has 3 aromatic heterocycles. The van der Waals surface area contributed by atoms with E-state index in [0.717, 1.165) is 89.5 Å². The van der Waals surface area contributed by atoms with E-state index in [-0.39, 0.29) is 0 Å². The summed E-state index contributed by atoms with van der Waals surface area (Å²) in [6.45, 7) is 2.30. The number of hydrogen-bond donors (Lipinski definition) is 0. The van der Waals surface area contributed by atoms with Crippen LogP contribution in [0.15, 0.2) is 255 Å². The third-order valence-corrected chi connectivity index (χ3v) is 15.0. The summed E-state index contributed by atoms with van der Waals surface area (Å²) in [6, 6.07) is 89.0. The molecule has 1 unspecified atom stereocenters. The Labute approximate surface area is 436 Å². The van der Waals surface area contributed by atoms with Crippen molar-refractivity contribution in [3.63, 3.8) is 0 Å². The average Bonchev–Trinajstić information content (AvgIpc) is 4.16. The van der Waals surface area contributed by atoms with Gasteiger partial charge in [-0.3, -0.25) is 4.57 Å². The molecule has 10 aromatic carbocycles. The molecule has 0 N–H and O–H groups in total. The van der Waals surface area contributed by atoms with Gasteiger partial charge in [-0.25, -0.2) is 4.98 Å². The van der Waals surface area contributed by atoms with Gasteiger partial charge in [0.05, 0.1) is 22.2 Å². The zero-order valence-corrected chi connectivity index (χ0v) is 41.3. The first-order chi connectivity index (χ1) is 37.1. The van der Waals surface area contributed by atoms with E-state index in [0.29, 0.717) is 23.5 Å². The molecule has 0 bridgehead atoms. The topological polar surface area (TPSA) is 48.5 Å². The predicted octanol–water partition coefficient (Wildman–Crippen LogP) is 17.8. The van der Waals surface area contributed by atoms with Gasteiger partial charge in [0.1, 0.15) is 0 Å². The monoisotopic (exact) mass is 959 g/mol. The van der Waals surface area contributed by atoms with E-state index >= 15 is 0 Å². The van der Waals surface area contributed by atoms with Crippen molar-refractivity contribution in [2.45, 2.75) is 13.3 Å². The normalized spacial score (nSPS) is 13.2. The third-order valence-electron chi connectivity index (χ3n) is 15.0. The lowest BCUT2D eigenvalue weighted by atomic mass is 9.90. The number of hydrogen-bond acceptors (Lipinski definition) is 3. The summed E-state index contributed by atoms with van der Waals surface area (Å²) in [4.78, 5) is 16.5. The molecule has 3 heterocycles. The highest BCUT2D eigenvalue weighted by atomic mass is 15.2. The van der Waals surface area contributed by atoms with E-state index < -0.39 is 0 Å². The van der Waals surface area contributed by atoms with Crippen molar-refractivity contribution >= 4 is 38.8 Å². The Morgan fingerprint density at radius 2 is 0.880 bits per heavy atom. The van der Waals surface area contributed by atoms with Crippen LogP contribution in [-0.2, 0) is 6.42 Å². The van der Waals surface area contributed by atoms with E-state index in [1.54, 1.807) is 0 Å².